The van der Waals surface area contributed by atoms with Gasteiger partial charge in [-0.1, -0.05) is 0 Å². The molecule has 0 saturated carbocycles. The number of nitro groups is 1. The van der Waals surface area contributed by atoms with Crippen molar-refractivity contribution in [2.45, 2.75) is 32.2 Å². The first kappa shape index (κ1) is 19.8. The minimum atomic E-state index is -1.69. The number of carbonyl (C=O) groups excluding carboxylic acids is 4. The van der Waals surface area contributed by atoms with Crippen molar-refractivity contribution in [3.8, 4) is 0 Å². The zero-order valence-electron chi connectivity index (χ0n) is 16.2. The third-order valence-corrected chi connectivity index (χ3v) is 6.11. The van der Waals surface area contributed by atoms with Crippen LogP contribution in [0.25, 0.3) is 0 Å². The molecule has 0 aromatic heterocycles. The van der Waals surface area contributed by atoms with Crippen molar-refractivity contribution in [3.05, 3.63) is 33.9 Å². The molecular weight excluding hydrogens is 396 g/mol. The number of urea groups is 1. The number of piperidine rings is 1. The lowest BCUT2D eigenvalue weighted by atomic mass is 9.65. The number of imide groups is 2. The van der Waals surface area contributed by atoms with Gasteiger partial charge in [0.25, 0.3) is 5.69 Å². The van der Waals surface area contributed by atoms with Crippen molar-refractivity contribution >= 4 is 35.2 Å². The van der Waals surface area contributed by atoms with Gasteiger partial charge in [0.05, 0.1) is 23.5 Å². The molecule has 4 amide bonds. The Labute approximate surface area is 170 Å². The number of nitrogens with zero attached hydrogens (tertiary/aromatic N) is 2. The minimum absolute atomic E-state index is 0.119. The molecule has 158 valence electrons. The van der Waals surface area contributed by atoms with E-state index in [0.29, 0.717) is 24.2 Å². The lowest BCUT2D eigenvalue weighted by Crippen LogP contribution is -2.72. The molecule has 0 aliphatic carbocycles. The quantitative estimate of drug-likeness (QED) is 0.316. The van der Waals surface area contributed by atoms with Crippen LogP contribution in [0.4, 0.5) is 16.2 Å². The summed E-state index contributed by atoms with van der Waals surface area (Å²) in [6.07, 6.45) is 0.514. The van der Waals surface area contributed by atoms with Crippen LogP contribution >= 0.6 is 0 Å². The van der Waals surface area contributed by atoms with Gasteiger partial charge in [0.2, 0.25) is 11.8 Å². The second kappa shape index (κ2) is 7.08. The number of amides is 4. The predicted octanol–water partition coefficient (Wildman–Crippen LogP) is 0.651. The number of nitro benzene ring substituents is 1. The first-order valence-electron chi connectivity index (χ1n) is 9.65. The van der Waals surface area contributed by atoms with Crippen LogP contribution in [-0.2, 0) is 25.5 Å². The Kier molecular flexibility index (Phi) is 4.67. The number of anilines is 1. The fourth-order valence-electron chi connectivity index (χ4n) is 4.75. The fourth-order valence-corrected chi connectivity index (χ4v) is 4.75. The molecule has 11 nitrogen and oxygen atoms in total. The van der Waals surface area contributed by atoms with Gasteiger partial charge in [0, 0.05) is 30.8 Å². The van der Waals surface area contributed by atoms with E-state index in [1.54, 1.807) is 13.0 Å². The molecule has 0 radical (unpaired) electrons. The van der Waals surface area contributed by atoms with Gasteiger partial charge < -0.3 is 9.64 Å². The largest absolute Gasteiger partial charge is 0.466 e. The summed E-state index contributed by atoms with van der Waals surface area (Å²) in [6.45, 7) is 2.28. The summed E-state index contributed by atoms with van der Waals surface area (Å²) >= 11 is 0. The average molecular weight is 416 g/mol. The number of ether oxygens (including phenoxy) is 1. The van der Waals surface area contributed by atoms with E-state index >= 15 is 0 Å². The van der Waals surface area contributed by atoms with Crippen molar-refractivity contribution in [1.29, 1.82) is 0 Å². The van der Waals surface area contributed by atoms with Crippen LogP contribution in [-0.4, -0.2) is 47.9 Å². The third kappa shape index (κ3) is 2.88. The van der Waals surface area contributed by atoms with Crippen LogP contribution in [0, 0.1) is 21.4 Å². The zero-order chi connectivity index (χ0) is 21.6. The summed E-state index contributed by atoms with van der Waals surface area (Å²) in [5, 5.41) is 15.5. The molecule has 30 heavy (non-hydrogen) atoms. The maximum absolute atomic E-state index is 13.0. The SMILES string of the molecule is CCOC(=O)[C@H]1CCN2c3ccc([N+](=O)[O-])cc3CC3(C(=O)NC(=O)NC3=O)[C@H]2C1. The van der Waals surface area contributed by atoms with Gasteiger partial charge in [-0.3, -0.25) is 35.1 Å². The first-order chi connectivity index (χ1) is 14.3. The van der Waals surface area contributed by atoms with Gasteiger partial charge in [-0.25, -0.2) is 4.79 Å². The van der Waals surface area contributed by atoms with E-state index in [1.165, 1.54) is 12.1 Å². The van der Waals surface area contributed by atoms with Gasteiger partial charge in [0.15, 0.2) is 5.41 Å². The summed E-state index contributed by atoms with van der Waals surface area (Å²) in [4.78, 5) is 62.6. The number of barbiturate groups is 1. The monoisotopic (exact) mass is 416 g/mol. The normalized spacial score (nSPS) is 24.4. The molecule has 2 saturated heterocycles. The van der Waals surface area contributed by atoms with Crippen molar-refractivity contribution in [1.82, 2.24) is 10.6 Å². The molecule has 0 unspecified atom stereocenters. The summed E-state index contributed by atoms with van der Waals surface area (Å²) < 4.78 is 5.13. The number of benzene rings is 1. The molecule has 3 heterocycles. The van der Waals surface area contributed by atoms with Gasteiger partial charge in [-0.05, 0) is 31.4 Å². The fraction of sp³-hybridized carbons (Fsp3) is 0.474. The molecule has 11 heteroatoms. The number of fused-ring (bicyclic) bond motifs is 4. The smallest absolute Gasteiger partial charge is 0.328 e. The van der Waals surface area contributed by atoms with Crippen LogP contribution in [0.3, 0.4) is 0 Å². The Morgan fingerprint density at radius 1 is 1.30 bits per heavy atom. The van der Waals surface area contributed by atoms with Gasteiger partial charge in [-0.2, -0.15) is 0 Å². The Morgan fingerprint density at radius 3 is 2.63 bits per heavy atom. The highest BCUT2D eigenvalue weighted by Crippen LogP contribution is 2.48. The predicted molar refractivity (Wildman–Crippen MR) is 101 cm³/mol. The van der Waals surface area contributed by atoms with Crippen molar-refractivity contribution in [2.75, 3.05) is 18.1 Å². The number of rotatable bonds is 3. The maximum atomic E-state index is 13.0. The molecule has 3 aliphatic rings. The van der Waals surface area contributed by atoms with Gasteiger partial charge in [0.1, 0.15) is 0 Å². The van der Waals surface area contributed by atoms with Crippen molar-refractivity contribution in [3.63, 3.8) is 0 Å². The first-order valence-corrected chi connectivity index (χ1v) is 9.65. The van der Waals surface area contributed by atoms with Gasteiger partial charge >= 0.3 is 12.0 Å². The van der Waals surface area contributed by atoms with Crippen LogP contribution in [0.5, 0.6) is 0 Å². The Bertz CT molecular complexity index is 956. The van der Waals surface area contributed by atoms with Crippen LogP contribution < -0.4 is 15.5 Å². The number of esters is 1. The number of hydrogen-bond acceptors (Lipinski definition) is 8. The van der Waals surface area contributed by atoms with Crippen molar-refractivity contribution in [2.24, 2.45) is 11.3 Å². The molecular formula is C19H20N4O7. The van der Waals surface area contributed by atoms with E-state index in [2.05, 4.69) is 10.6 Å². The molecule has 4 rings (SSSR count). The van der Waals surface area contributed by atoms with E-state index in [1.807, 2.05) is 4.90 Å². The molecule has 2 atom stereocenters. The van der Waals surface area contributed by atoms with Crippen LogP contribution in [0.1, 0.15) is 25.3 Å². The van der Waals surface area contributed by atoms with E-state index in [9.17, 15) is 29.3 Å². The number of nitrogens with one attached hydrogen (secondary N) is 2. The van der Waals surface area contributed by atoms with Crippen molar-refractivity contribution < 1.29 is 28.8 Å². The Hall–Kier alpha value is -3.50. The second-order valence-electron chi connectivity index (χ2n) is 7.64. The standard InChI is InChI=1S/C19H20N4O7/c1-2-30-15(24)10-5-6-22-13-4-3-12(23(28)29)7-11(13)9-19(14(22)8-10)16(25)20-18(27)21-17(19)26/h3-4,7,10,14H,2,5-6,8-9H2,1H3,(H2,20,21,25,26,27)/t10-,14+/m0/s1. The van der Waals surface area contributed by atoms with Crippen LogP contribution in [0.2, 0.25) is 0 Å². The summed E-state index contributed by atoms with van der Waals surface area (Å²) in [5.41, 5.74) is -0.705. The second-order valence-corrected chi connectivity index (χ2v) is 7.64. The number of carbonyl (C=O) groups is 4. The van der Waals surface area contributed by atoms with Crippen LogP contribution in [0.15, 0.2) is 18.2 Å². The highest BCUT2D eigenvalue weighted by atomic mass is 16.6. The van der Waals surface area contributed by atoms with E-state index < -0.39 is 46.1 Å². The summed E-state index contributed by atoms with van der Waals surface area (Å²) in [6, 6.07) is 2.70. The number of hydrogen-bond donors (Lipinski definition) is 2. The van der Waals surface area contributed by atoms with E-state index in [-0.39, 0.29) is 25.1 Å². The lowest BCUT2D eigenvalue weighted by molar-refractivity contribution is -0.384. The highest BCUT2D eigenvalue weighted by molar-refractivity contribution is 6.20. The maximum Gasteiger partial charge on any atom is 0.328 e. The third-order valence-electron chi connectivity index (χ3n) is 6.11. The summed E-state index contributed by atoms with van der Waals surface area (Å²) in [7, 11) is 0. The molecule has 0 bridgehead atoms. The van der Waals surface area contributed by atoms with E-state index in [0.717, 1.165) is 0 Å². The minimum Gasteiger partial charge on any atom is -0.466 e. The van der Waals surface area contributed by atoms with Gasteiger partial charge in [-0.15, -0.1) is 0 Å². The molecule has 2 fully saturated rings. The average Bonchev–Trinajstić information content (AvgIpc) is 2.71. The lowest BCUT2D eigenvalue weighted by Gasteiger charge is -2.53. The highest BCUT2D eigenvalue weighted by Gasteiger charge is 2.61. The zero-order valence-corrected chi connectivity index (χ0v) is 16.2. The summed E-state index contributed by atoms with van der Waals surface area (Å²) in [5.74, 6) is -2.43. The number of non-ortho nitro benzene ring substituents is 1. The molecule has 1 spiro atoms. The Morgan fingerprint density at radius 2 is 2.00 bits per heavy atom. The molecule has 1 aromatic rings. The molecule has 1 aromatic carbocycles. The Balaban J connectivity index is 1.81. The molecule has 3 aliphatic heterocycles. The van der Waals surface area contributed by atoms with E-state index in [4.69, 9.17) is 4.74 Å². The topological polar surface area (TPSA) is 148 Å². The molecule has 2 N–H and O–H groups in total.